The summed E-state index contributed by atoms with van der Waals surface area (Å²) in [5.41, 5.74) is 3.39. The fourth-order valence-corrected chi connectivity index (χ4v) is 9.13. The molecule has 0 radical (unpaired) electrons. The second kappa shape index (κ2) is 88.7. The Morgan fingerprint density at radius 3 is 1.23 bits per heavy atom. The number of likely N-dealkylation sites (N-methyl/N-ethyl adjacent to an activating group) is 2. The molecule has 2 fully saturated rings. The van der Waals surface area contributed by atoms with E-state index in [-0.39, 0.29) is 82.5 Å². The number of quaternary nitrogens is 1. The molecule has 3 aliphatic rings. The molecule has 0 aromatic heterocycles. The Morgan fingerprint density at radius 1 is 0.606 bits per heavy atom. The molecule has 3 aliphatic carbocycles. The fraction of sp³-hybridized carbons (Fsp3) is 0.705. The highest BCUT2D eigenvalue weighted by Crippen LogP contribution is 2.23. The van der Waals surface area contributed by atoms with Gasteiger partial charge in [-0.05, 0) is 164 Å². The number of nitrogens with one attached hydrogen (secondary N) is 3. The lowest BCUT2D eigenvalue weighted by atomic mass is 9.90. The molecule has 2 saturated carbocycles. The van der Waals surface area contributed by atoms with Gasteiger partial charge >= 0.3 is 0 Å². The molecule has 2 aromatic rings. The van der Waals surface area contributed by atoms with Crippen molar-refractivity contribution in [2.45, 2.75) is 336 Å². The van der Waals surface area contributed by atoms with Crippen LogP contribution in [0.2, 0.25) is 0 Å². The number of benzene rings is 2. The first kappa shape index (κ1) is 147. The lowest BCUT2D eigenvalue weighted by Gasteiger charge is -2.31. The Balaban J connectivity index is -0.000000161. The molecule has 8 N–H and O–H groups in total. The topological polar surface area (TPSA) is 552 Å². The van der Waals surface area contributed by atoms with Crippen molar-refractivity contribution in [3.8, 4) is 0 Å². The highest BCUT2D eigenvalue weighted by atomic mass is 16.7. The second-order valence-corrected chi connectivity index (χ2v) is 35.9. The van der Waals surface area contributed by atoms with Crippen molar-refractivity contribution in [3.63, 3.8) is 0 Å². The van der Waals surface area contributed by atoms with Crippen LogP contribution in [0, 0.1) is 82.8 Å². The van der Waals surface area contributed by atoms with Gasteiger partial charge < -0.3 is 76.6 Å². The van der Waals surface area contributed by atoms with Crippen LogP contribution in [0.25, 0.3) is 6.08 Å². The minimum atomic E-state index is -1.19. The van der Waals surface area contributed by atoms with Crippen LogP contribution in [0.3, 0.4) is 0 Å². The summed E-state index contributed by atoms with van der Waals surface area (Å²) in [6.45, 7) is 74.7. The number of ketones is 1. The normalized spacial score (nSPS) is 13.6. The summed E-state index contributed by atoms with van der Waals surface area (Å²) in [6.07, 6.45) is 24.6. The van der Waals surface area contributed by atoms with E-state index in [1.165, 1.54) is 110 Å². The second-order valence-electron chi connectivity index (χ2n) is 35.9. The van der Waals surface area contributed by atoms with E-state index < -0.39 is 31.4 Å². The number of ether oxygens (including phenoxy) is 3. The molecule has 42 heteroatoms. The van der Waals surface area contributed by atoms with E-state index in [2.05, 4.69) is 59.5 Å². The van der Waals surface area contributed by atoms with Crippen LogP contribution in [-0.2, 0) is 25.5 Å². The molecular weight excluding hydrogens is 1780 g/mol. The number of hydrogen-bond acceptors (Lipinski definition) is 31. The number of oxime groups is 1. The highest BCUT2D eigenvalue weighted by Gasteiger charge is 2.40. The smallest absolute Gasteiger partial charge is 0.244 e. The minimum absolute atomic E-state index is 0.0112. The molecule has 0 bridgehead atoms. The molecule has 42 nitrogen and oxygen atoms in total. The van der Waals surface area contributed by atoms with Crippen molar-refractivity contribution in [3.05, 3.63) is 190 Å². The van der Waals surface area contributed by atoms with Crippen molar-refractivity contribution in [1.82, 2.24) is 30.9 Å². The van der Waals surface area contributed by atoms with Crippen molar-refractivity contribution in [2.75, 3.05) is 99.6 Å². The van der Waals surface area contributed by atoms with Crippen LogP contribution < -0.4 is 16.0 Å². The summed E-state index contributed by atoms with van der Waals surface area (Å²) in [6, 6.07) is 19.3. The van der Waals surface area contributed by atoms with Gasteiger partial charge in [0.05, 0.1) is 44.8 Å². The van der Waals surface area contributed by atoms with E-state index in [1.807, 2.05) is 205 Å². The van der Waals surface area contributed by atoms with Crippen molar-refractivity contribution >= 4 is 57.9 Å². The number of allylic oxidation sites excluding steroid dienone is 5. The molecular formula is C95H184N18O24. The average Bonchev–Trinajstić information content (AvgIpc) is 0.843. The summed E-state index contributed by atoms with van der Waals surface area (Å²) in [4.78, 5) is 56.6. The van der Waals surface area contributed by atoms with E-state index in [0.29, 0.717) is 63.6 Å². The predicted molar refractivity (Wildman–Crippen MR) is 551 cm³/mol. The summed E-state index contributed by atoms with van der Waals surface area (Å²) >= 11 is 0. The molecule has 5 rings (SSSR count). The molecule has 798 valence electrons. The first-order chi connectivity index (χ1) is 63.3. The van der Waals surface area contributed by atoms with Gasteiger partial charge in [0, 0.05) is 146 Å². The molecule has 0 saturated heterocycles. The van der Waals surface area contributed by atoms with Gasteiger partial charge in [0.2, 0.25) is 28.1 Å². The SMILES string of the molecule is C/C(=C\c1ccccc1)[N+](=O)[O-].C=NO.C=[N+]([O-])C(C)(C)C.C=[N+]([O-])C(C)C.C=[N+]([O-])CCC.C=[N+]([O-])Cc1ccccc1.CC(C)(C)NO.CC(C)(COCOCC(C)(C)[N+](=O)[O-])[N+](=O)[O-].CC(C)/[N+]([O-])=C/C1CCCCC1.CC=[N+]([O-])C(C)C.CCN(CC)CC(C)(CN(CC)CC)[N+](=O)[O-].CCN(O)CC.CC[NH+](C)[O-].COC1=CC(=CN(O)C(C)C)C=CC1=O.ONC1CCCCC1. The van der Waals surface area contributed by atoms with E-state index in [1.54, 1.807) is 59.2 Å². The number of methoxy groups -OCH3 is 1. The molecule has 1 atom stereocenters. The lowest BCUT2D eigenvalue weighted by molar-refractivity contribution is -0.823. The van der Waals surface area contributed by atoms with E-state index in [0.717, 1.165) is 89.8 Å². The fourth-order valence-electron chi connectivity index (χ4n) is 9.13. The molecule has 0 heterocycles. The Kier molecular flexibility index (Phi) is 95.4. The summed E-state index contributed by atoms with van der Waals surface area (Å²) in [5, 5.41) is 161. The monoisotopic (exact) mass is 1960 g/mol. The molecule has 0 amide bonds. The first-order valence-electron chi connectivity index (χ1n) is 46.4. The average molecular weight is 1960 g/mol. The zero-order valence-corrected chi connectivity index (χ0v) is 89.2. The molecule has 2 aromatic carbocycles. The number of nitrogens with zero attached hydrogens (tertiary/aromatic N) is 15. The largest absolute Gasteiger partial charge is 0.634 e. The van der Waals surface area contributed by atoms with E-state index in [4.69, 9.17) is 35.0 Å². The van der Waals surface area contributed by atoms with Gasteiger partial charge in [-0.2, -0.15) is 5.06 Å². The minimum Gasteiger partial charge on any atom is -0.634 e. The third kappa shape index (κ3) is 97.5. The number of rotatable bonds is 34. The standard InChI is InChI=1S/C12H27N3O2.C11H15NO3.C10H19NO.C9H18N2O6.C9H9NO2.C8H9NO.C6H13NO.2C5H11NO.C4H9NO.C4H11NO.C4H9NO.C4H11NO.C3H9NO.CH3NO/c1-6-13(7-2)10-12(5,15(16)17)11-14(8-3)9-4;1-8(2)12(14)7-9-4-5-10(13)11(6-9)15-3;1-9(2)11(12)8-10-6-4-3-5-7-10;1-8(2,10(12)13)5-16-7-17-6-9(3,4)11(14)15;1-8(10(11)12)7-9-5-3-2-4-6-9;1-9(10)7-8-5-3-2-4-6-8;8-7-6-4-2-1-3-5-6;1-5(2,3)6(4)7;1-4-6(7)5(2)3;1-4(2)5(3)6;1-4(2,3)5-6;1-3-4-5(2)6;1-3-5(6)4-2;1-3-4(2)5;1-2-3/h6-11H2,1-5H3;4-8,14H,1-3H3;8-10H,3-7H2,1-2H3;5-7H2,1-4H3;2-7H,1H3;2-6H,1,7H2;6-8H,1-5H2;4H2,1-3H3;4-5H,1-3H3;4H,3H2,1-2H3;5-6H,1-3H3;2-4H2,1H3;6H,3-4H2,1-2H3;4H,3H2,1-2H3;3H,1H2/b;;11-8-;;8-7+;;;;;;;;;;. The quantitative estimate of drug-likeness (QED) is 0.00471. The van der Waals surface area contributed by atoms with Crippen molar-refractivity contribution < 1.29 is 98.2 Å². The zero-order valence-electron chi connectivity index (χ0n) is 89.2. The molecule has 0 spiro atoms. The summed E-state index contributed by atoms with van der Waals surface area (Å²) in [7, 11) is 3.03. The van der Waals surface area contributed by atoms with Crippen LogP contribution in [0.5, 0.6) is 0 Å². The summed E-state index contributed by atoms with van der Waals surface area (Å²) in [5.74, 6) is 0.670. The third-order valence-corrected chi connectivity index (χ3v) is 18.5. The molecule has 1 unspecified atom stereocenters. The predicted octanol–water partition coefficient (Wildman–Crippen LogP) is 15.8. The van der Waals surface area contributed by atoms with Gasteiger partial charge in [0.25, 0.3) is 0 Å². The maximum absolute atomic E-state index is 11.3. The maximum Gasteiger partial charge on any atom is 0.244 e. The maximum atomic E-state index is 11.3. The number of hydroxylamine groups is 14. The van der Waals surface area contributed by atoms with Gasteiger partial charge in [-0.1, -0.05) is 148 Å². The van der Waals surface area contributed by atoms with Crippen LogP contribution >= 0.6 is 0 Å². The zero-order chi connectivity index (χ0) is 109. The van der Waals surface area contributed by atoms with Crippen LogP contribution in [0.4, 0.5) is 0 Å². The van der Waals surface area contributed by atoms with E-state index >= 15 is 0 Å². The molecule has 137 heavy (non-hydrogen) atoms. The number of nitro groups is 4. The van der Waals surface area contributed by atoms with Gasteiger partial charge in [-0.25, -0.2) is 39.4 Å². The van der Waals surface area contributed by atoms with Gasteiger partial charge in [-0.3, -0.25) is 65.3 Å². The van der Waals surface area contributed by atoms with Crippen LogP contribution in [-0.4, -0.2) is 303 Å². The molecule has 0 aliphatic heterocycles. The van der Waals surface area contributed by atoms with Gasteiger partial charge in [-0.15, -0.1) is 5.16 Å². The number of carbonyl (C=O) groups is 1. The summed E-state index contributed by atoms with van der Waals surface area (Å²) < 4.78 is 19.5. The van der Waals surface area contributed by atoms with Crippen molar-refractivity contribution in [1.29, 1.82) is 0 Å². The Bertz CT molecular complexity index is 3580. The Labute approximate surface area is 820 Å². The van der Waals surface area contributed by atoms with Crippen LogP contribution in [0.15, 0.2) is 107 Å². The Hall–Kier alpha value is -9.96. The van der Waals surface area contributed by atoms with Crippen molar-refractivity contribution in [2.24, 2.45) is 11.1 Å². The highest BCUT2D eigenvalue weighted by molar-refractivity contribution is 6.04. The third-order valence-electron chi connectivity index (χ3n) is 18.5. The van der Waals surface area contributed by atoms with E-state index in [9.17, 15) is 86.9 Å². The Morgan fingerprint density at radius 2 is 0.985 bits per heavy atom. The number of carbonyl (C=O) groups excluding carboxylic acids is 1. The first-order valence-corrected chi connectivity index (χ1v) is 46.4. The lowest BCUT2D eigenvalue weighted by Crippen LogP contribution is -3.03. The van der Waals surface area contributed by atoms with Gasteiger partial charge in [0.15, 0.2) is 48.7 Å². The van der Waals surface area contributed by atoms with Gasteiger partial charge in [0.1, 0.15) is 53.1 Å². The van der Waals surface area contributed by atoms with Crippen LogP contribution in [0.1, 0.15) is 283 Å². The number of hydrogen-bond donors (Lipinski definition) is 8.